The van der Waals surface area contributed by atoms with Crippen molar-refractivity contribution in [3.63, 3.8) is 0 Å². The van der Waals surface area contributed by atoms with E-state index in [-0.39, 0.29) is 17.9 Å². The number of ketones is 1. The molecule has 0 saturated carbocycles. The standard InChI is InChI=1S/C7H7N3O3/c11-4-2-8-1-3-5(4)6(12)10-7(13)9-3/h8H,1-2H2,(H2,9,10,12,13). The summed E-state index contributed by atoms with van der Waals surface area (Å²) in [6, 6.07) is 0. The Bertz CT molecular complexity index is 471. The largest absolute Gasteiger partial charge is 0.325 e. The molecule has 1 aromatic heterocycles. The molecule has 1 aromatic rings. The molecule has 0 aromatic carbocycles. The van der Waals surface area contributed by atoms with Gasteiger partial charge in [-0.3, -0.25) is 14.6 Å². The van der Waals surface area contributed by atoms with Crippen LogP contribution in [0.15, 0.2) is 9.59 Å². The maximum absolute atomic E-state index is 11.2. The Hall–Kier alpha value is -1.69. The molecule has 6 nitrogen and oxygen atoms in total. The first-order chi connectivity index (χ1) is 6.18. The highest BCUT2D eigenvalue weighted by Gasteiger charge is 2.20. The van der Waals surface area contributed by atoms with Crippen LogP contribution in [0.3, 0.4) is 0 Å². The molecular weight excluding hydrogens is 174 g/mol. The molecular formula is C7H7N3O3. The second kappa shape index (κ2) is 2.67. The van der Waals surface area contributed by atoms with Gasteiger partial charge in [0.1, 0.15) is 5.56 Å². The second-order valence-corrected chi connectivity index (χ2v) is 2.79. The number of fused-ring (bicyclic) bond motifs is 1. The number of rotatable bonds is 0. The Kier molecular flexibility index (Phi) is 1.63. The zero-order valence-corrected chi connectivity index (χ0v) is 6.64. The van der Waals surface area contributed by atoms with E-state index in [1.807, 2.05) is 4.98 Å². The van der Waals surface area contributed by atoms with Crippen LogP contribution in [-0.4, -0.2) is 22.3 Å². The van der Waals surface area contributed by atoms with Gasteiger partial charge in [0, 0.05) is 12.2 Å². The van der Waals surface area contributed by atoms with Crippen LogP contribution < -0.4 is 16.6 Å². The van der Waals surface area contributed by atoms with Crippen molar-refractivity contribution in [2.75, 3.05) is 6.54 Å². The Morgan fingerprint density at radius 3 is 2.54 bits per heavy atom. The highest BCUT2D eigenvalue weighted by molar-refractivity contribution is 5.99. The highest BCUT2D eigenvalue weighted by Crippen LogP contribution is 2.02. The average Bonchev–Trinajstić information content (AvgIpc) is 2.02. The number of hydrogen-bond donors (Lipinski definition) is 3. The summed E-state index contributed by atoms with van der Waals surface area (Å²) in [7, 11) is 0. The lowest BCUT2D eigenvalue weighted by atomic mass is 10.1. The van der Waals surface area contributed by atoms with E-state index in [0.29, 0.717) is 12.2 Å². The van der Waals surface area contributed by atoms with Gasteiger partial charge in [-0.05, 0) is 0 Å². The van der Waals surface area contributed by atoms with Gasteiger partial charge in [-0.15, -0.1) is 0 Å². The van der Waals surface area contributed by atoms with Crippen LogP contribution in [0, 0.1) is 0 Å². The molecule has 13 heavy (non-hydrogen) atoms. The lowest BCUT2D eigenvalue weighted by Gasteiger charge is -2.13. The van der Waals surface area contributed by atoms with E-state index in [9.17, 15) is 14.4 Å². The number of hydrogen-bond acceptors (Lipinski definition) is 4. The summed E-state index contributed by atoms with van der Waals surface area (Å²) in [5, 5.41) is 2.77. The van der Waals surface area contributed by atoms with E-state index in [1.54, 1.807) is 0 Å². The molecule has 0 atom stereocenters. The van der Waals surface area contributed by atoms with E-state index >= 15 is 0 Å². The van der Waals surface area contributed by atoms with Crippen LogP contribution in [0.5, 0.6) is 0 Å². The van der Waals surface area contributed by atoms with E-state index in [4.69, 9.17) is 0 Å². The van der Waals surface area contributed by atoms with E-state index in [2.05, 4.69) is 10.3 Å². The zero-order chi connectivity index (χ0) is 9.42. The maximum Gasteiger partial charge on any atom is 0.325 e. The van der Waals surface area contributed by atoms with Crippen molar-refractivity contribution in [2.24, 2.45) is 0 Å². The zero-order valence-electron chi connectivity index (χ0n) is 6.64. The van der Waals surface area contributed by atoms with Crippen molar-refractivity contribution in [1.82, 2.24) is 15.3 Å². The third-order valence-electron chi connectivity index (χ3n) is 1.89. The molecule has 0 unspecified atom stereocenters. The van der Waals surface area contributed by atoms with Crippen molar-refractivity contribution in [3.8, 4) is 0 Å². The fourth-order valence-electron chi connectivity index (χ4n) is 1.35. The number of aromatic nitrogens is 2. The number of carbonyl (C=O) groups excluding carboxylic acids is 1. The monoisotopic (exact) mass is 181 g/mol. The summed E-state index contributed by atoms with van der Waals surface area (Å²) in [6.45, 7) is 0.488. The van der Waals surface area contributed by atoms with E-state index in [1.165, 1.54) is 0 Å². The van der Waals surface area contributed by atoms with Crippen molar-refractivity contribution in [2.45, 2.75) is 6.54 Å². The van der Waals surface area contributed by atoms with Gasteiger partial charge in [0.2, 0.25) is 0 Å². The first-order valence-corrected chi connectivity index (χ1v) is 3.78. The third-order valence-corrected chi connectivity index (χ3v) is 1.89. The van der Waals surface area contributed by atoms with Gasteiger partial charge in [0.15, 0.2) is 5.78 Å². The number of nitrogens with one attached hydrogen (secondary N) is 3. The Labute approximate surface area is 72.0 Å². The molecule has 68 valence electrons. The number of aromatic amines is 2. The third kappa shape index (κ3) is 1.20. The fraction of sp³-hybridized carbons (Fsp3) is 0.286. The lowest BCUT2D eigenvalue weighted by Crippen LogP contribution is -2.39. The smallest absolute Gasteiger partial charge is 0.309 e. The molecule has 6 heteroatoms. The predicted octanol–water partition coefficient (Wildman–Crippen LogP) is -1.65. The summed E-state index contributed by atoms with van der Waals surface area (Å²) >= 11 is 0. The summed E-state index contributed by atoms with van der Waals surface area (Å²) in [5.74, 6) is -0.293. The van der Waals surface area contributed by atoms with Crippen molar-refractivity contribution < 1.29 is 4.79 Å². The Morgan fingerprint density at radius 1 is 1.00 bits per heavy atom. The van der Waals surface area contributed by atoms with Crippen molar-refractivity contribution >= 4 is 5.78 Å². The first kappa shape index (κ1) is 7.93. The van der Waals surface area contributed by atoms with Gasteiger partial charge in [0.25, 0.3) is 5.56 Å². The SMILES string of the molecule is O=C1CNCc2[nH]c(=O)[nH]c(=O)c21. The molecule has 0 saturated heterocycles. The molecule has 1 aliphatic rings. The quantitative estimate of drug-likeness (QED) is 0.447. The molecule has 0 spiro atoms. The number of carbonyl (C=O) groups is 1. The fourth-order valence-corrected chi connectivity index (χ4v) is 1.35. The molecule has 0 amide bonds. The summed E-state index contributed by atoms with van der Waals surface area (Å²) in [6.07, 6.45) is 0. The molecule has 0 aliphatic carbocycles. The van der Waals surface area contributed by atoms with Crippen LogP contribution in [-0.2, 0) is 6.54 Å². The van der Waals surface area contributed by atoms with Crippen LogP contribution in [0.1, 0.15) is 16.1 Å². The molecule has 1 aliphatic heterocycles. The average molecular weight is 181 g/mol. The Balaban J connectivity index is 2.77. The van der Waals surface area contributed by atoms with E-state index < -0.39 is 11.2 Å². The summed E-state index contributed by atoms with van der Waals surface area (Å²) in [4.78, 5) is 37.6. The number of Topliss-reactive ketones (excluding diaryl/α,β-unsaturated/α-hetero) is 1. The van der Waals surface area contributed by atoms with Gasteiger partial charge in [0.05, 0.1) is 6.54 Å². The van der Waals surface area contributed by atoms with E-state index in [0.717, 1.165) is 0 Å². The van der Waals surface area contributed by atoms with Gasteiger partial charge >= 0.3 is 5.69 Å². The summed E-state index contributed by atoms with van der Waals surface area (Å²) < 4.78 is 0. The van der Waals surface area contributed by atoms with Crippen LogP contribution in [0.4, 0.5) is 0 Å². The molecule has 2 rings (SSSR count). The summed E-state index contributed by atoms with van der Waals surface area (Å²) in [5.41, 5.74) is -0.756. The van der Waals surface area contributed by atoms with Crippen LogP contribution >= 0.6 is 0 Å². The predicted molar refractivity (Wildman–Crippen MR) is 43.7 cm³/mol. The highest BCUT2D eigenvalue weighted by atomic mass is 16.2. The van der Waals surface area contributed by atoms with Gasteiger partial charge < -0.3 is 10.3 Å². The van der Waals surface area contributed by atoms with Crippen molar-refractivity contribution in [1.29, 1.82) is 0 Å². The first-order valence-electron chi connectivity index (χ1n) is 3.78. The second-order valence-electron chi connectivity index (χ2n) is 2.79. The van der Waals surface area contributed by atoms with Gasteiger partial charge in [-0.2, -0.15) is 0 Å². The minimum atomic E-state index is -0.606. The normalized spacial score (nSPS) is 15.5. The van der Waals surface area contributed by atoms with Gasteiger partial charge in [-0.1, -0.05) is 0 Å². The van der Waals surface area contributed by atoms with Crippen LogP contribution in [0.2, 0.25) is 0 Å². The maximum atomic E-state index is 11.2. The lowest BCUT2D eigenvalue weighted by molar-refractivity contribution is 0.0979. The van der Waals surface area contributed by atoms with Gasteiger partial charge in [-0.25, -0.2) is 4.79 Å². The van der Waals surface area contributed by atoms with Crippen LogP contribution in [0.25, 0.3) is 0 Å². The molecule has 0 radical (unpaired) electrons. The molecule has 3 N–H and O–H groups in total. The Morgan fingerprint density at radius 2 is 1.77 bits per heavy atom. The molecule has 0 bridgehead atoms. The van der Waals surface area contributed by atoms with Crippen molar-refractivity contribution in [3.05, 3.63) is 32.1 Å². The minimum absolute atomic E-state index is 0.0679. The number of H-pyrrole nitrogens is 2. The molecule has 2 heterocycles. The topological polar surface area (TPSA) is 94.8 Å². The minimum Gasteiger partial charge on any atom is -0.309 e. The molecule has 0 fully saturated rings.